The van der Waals surface area contributed by atoms with Crippen molar-refractivity contribution < 1.29 is 13.2 Å². The maximum absolute atomic E-state index is 13.4. The molecule has 0 unspecified atom stereocenters. The van der Waals surface area contributed by atoms with Gasteiger partial charge in [0.25, 0.3) is 10.0 Å². The molecule has 0 amide bonds. The number of hydrogen-bond donors (Lipinski definition) is 1. The Hall–Kier alpha value is -3.38. The highest BCUT2D eigenvalue weighted by molar-refractivity contribution is 7.97. The first-order valence-corrected chi connectivity index (χ1v) is 11.1. The second-order valence-corrected chi connectivity index (χ2v) is 9.20. The molecule has 0 fully saturated rings. The van der Waals surface area contributed by atoms with Crippen molar-refractivity contribution in [3.63, 3.8) is 0 Å². The molecule has 0 aliphatic carbocycles. The van der Waals surface area contributed by atoms with E-state index in [4.69, 9.17) is 0 Å². The Morgan fingerprint density at radius 1 is 0.900 bits per heavy atom. The van der Waals surface area contributed by atoms with Crippen LogP contribution in [0.3, 0.4) is 0 Å². The first kappa shape index (κ1) is 19.9. The third kappa shape index (κ3) is 3.74. The lowest BCUT2D eigenvalue weighted by Crippen LogP contribution is -2.39. The van der Waals surface area contributed by atoms with E-state index >= 15 is 0 Å². The fourth-order valence-corrected chi connectivity index (χ4v) is 4.99. The molecule has 4 rings (SSSR count). The predicted octanol–water partition coefficient (Wildman–Crippen LogP) is 4.79. The minimum Gasteiger partial charge on any atom is -0.360 e. The summed E-state index contributed by atoms with van der Waals surface area (Å²) in [5, 5.41) is 2.96. The molecule has 6 heteroatoms. The largest absolute Gasteiger partial charge is 0.360 e. The molecule has 0 radical (unpaired) electrons. The summed E-state index contributed by atoms with van der Waals surface area (Å²) in [6.45, 7) is 4.08. The number of carbonyl (C=O) groups excluding carboxylic acids is 1. The normalized spacial score (nSPS) is 16.4. The van der Waals surface area contributed by atoms with Crippen LogP contribution in [0.15, 0.2) is 83.9 Å². The zero-order valence-corrected chi connectivity index (χ0v) is 17.6. The van der Waals surface area contributed by atoms with Gasteiger partial charge in [0.05, 0.1) is 12.2 Å². The topological polar surface area (TPSA) is 66.5 Å². The fourth-order valence-electron chi connectivity index (χ4n) is 3.47. The number of hydrogen-bond acceptors (Lipinski definition) is 4. The molecule has 0 bridgehead atoms. The zero-order valence-electron chi connectivity index (χ0n) is 16.8. The van der Waals surface area contributed by atoms with Gasteiger partial charge in [-0.15, -0.1) is 0 Å². The van der Waals surface area contributed by atoms with Gasteiger partial charge in [-0.1, -0.05) is 59.7 Å². The molecule has 0 saturated heterocycles. The fraction of sp³-hybridized carbons (Fsp3) is 0.125. The minimum absolute atomic E-state index is 0.149. The molecule has 0 spiro atoms. The van der Waals surface area contributed by atoms with E-state index in [1.165, 1.54) is 10.5 Å². The molecule has 3 aromatic rings. The van der Waals surface area contributed by atoms with Gasteiger partial charge < -0.3 is 5.32 Å². The van der Waals surface area contributed by atoms with Gasteiger partial charge in [0, 0.05) is 17.5 Å². The lowest BCUT2D eigenvalue weighted by atomic mass is 10.1. The van der Waals surface area contributed by atoms with Crippen molar-refractivity contribution in [2.24, 2.45) is 0 Å². The third-order valence-electron chi connectivity index (χ3n) is 5.04. The van der Waals surface area contributed by atoms with E-state index < -0.39 is 15.8 Å². The zero-order chi connectivity index (χ0) is 21.3. The van der Waals surface area contributed by atoms with Gasteiger partial charge in [-0.25, -0.2) is 8.42 Å². The maximum Gasteiger partial charge on any atom is 0.270 e. The molecule has 1 heterocycles. The number of rotatable bonds is 4. The van der Waals surface area contributed by atoms with Crippen LogP contribution in [0.5, 0.6) is 0 Å². The van der Waals surface area contributed by atoms with Gasteiger partial charge in [-0.2, -0.15) is 0 Å². The summed E-state index contributed by atoms with van der Waals surface area (Å²) >= 11 is 0. The summed E-state index contributed by atoms with van der Waals surface area (Å²) in [6, 6.07) is 22.0. The lowest BCUT2D eigenvalue weighted by Gasteiger charge is -2.31. The molecular formula is C24H22N2O3S. The Bertz CT molecular complexity index is 1250. The molecule has 3 aromatic carbocycles. The summed E-state index contributed by atoms with van der Waals surface area (Å²) in [5.41, 5.74) is 4.47. The average Bonchev–Trinajstić information content (AvgIpc) is 2.72. The molecule has 152 valence electrons. The molecule has 1 N–H and O–H groups in total. The van der Waals surface area contributed by atoms with E-state index in [-0.39, 0.29) is 11.4 Å². The SMILES string of the molecule is Cc1ccc(N/C=C2/C(=O)c3ccccc3N(Cc3cccc(C)c3)S2(=O)=O)cc1. The summed E-state index contributed by atoms with van der Waals surface area (Å²) in [7, 11) is -4.03. The van der Waals surface area contributed by atoms with Crippen LogP contribution in [0.1, 0.15) is 27.0 Å². The summed E-state index contributed by atoms with van der Waals surface area (Å²) in [6.07, 6.45) is 1.29. The van der Waals surface area contributed by atoms with Gasteiger partial charge >= 0.3 is 0 Å². The molecule has 30 heavy (non-hydrogen) atoms. The summed E-state index contributed by atoms with van der Waals surface area (Å²) in [5.74, 6) is -0.509. The molecule has 1 aliphatic rings. The quantitative estimate of drug-likeness (QED) is 0.619. The molecular weight excluding hydrogens is 396 g/mol. The van der Waals surface area contributed by atoms with Crippen molar-refractivity contribution in [3.05, 3.63) is 106 Å². The second-order valence-electron chi connectivity index (χ2n) is 7.37. The van der Waals surface area contributed by atoms with Crippen molar-refractivity contribution in [2.75, 3.05) is 9.62 Å². The number of benzene rings is 3. The van der Waals surface area contributed by atoms with Gasteiger partial charge in [0.2, 0.25) is 5.78 Å². The van der Waals surface area contributed by atoms with Gasteiger partial charge in [0.1, 0.15) is 0 Å². The predicted molar refractivity (Wildman–Crippen MR) is 120 cm³/mol. The number of aryl methyl sites for hydroxylation is 2. The number of Topliss-reactive ketones (excluding diaryl/α,β-unsaturated/α-hetero) is 1. The van der Waals surface area contributed by atoms with Crippen LogP contribution < -0.4 is 9.62 Å². The van der Waals surface area contributed by atoms with Crippen LogP contribution in [0, 0.1) is 13.8 Å². The first-order chi connectivity index (χ1) is 14.4. The number of nitrogens with one attached hydrogen (secondary N) is 1. The Balaban J connectivity index is 1.77. The standard InChI is InChI=1S/C24H22N2O3S/c1-17-10-12-20(13-11-17)25-15-23-24(27)21-8-3-4-9-22(21)26(30(23,28)29)16-19-7-5-6-18(2)14-19/h3-15,25H,16H2,1-2H3/b23-15-. The van der Waals surface area contributed by atoms with Crippen LogP contribution in [0.2, 0.25) is 0 Å². The average molecular weight is 419 g/mol. The molecule has 0 saturated carbocycles. The number of carbonyl (C=O) groups is 1. The van der Waals surface area contributed by atoms with E-state index in [0.717, 1.165) is 16.7 Å². The number of sulfonamides is 1. The number of ketones is 1. The van der Waals surface area contributed by atoms with Crippen molar-refractivity contribution in [1.82, 2.24) is 0 Å². The highest BCUT2D eigenvalue weighted by Gasteiger charge is 2.40. The van der Waals surface area contributed by atoms with Gasteiger partial charge in [0.15, 0.2) is 4.91 Å². The Morgan fingerprint density at radius 2 is 1.63 bits per heavy atom. The van der Waals surface area contributed by atoms with E-state index in [2.05, 4.69) is 5.32 Å². The lowest BCUT2D eigenvalue weighted by molar-refractivity contribution is 0.104. The van der Waals surface area contributed by atoms with Crippen molar-refractivity contribution in [2.45, 2.75) is 20.4 Å². The number of para-hydroxylation sites is 1. The first-order valence-electron chi connectivity index (χ1n) is 9.61. The molecule has 0 atom stereocenters. The van der Waals surface area contributed by atoms with Crippen molar-refractivity contribution in [3.8, 4) is 0 Å². The van der Waals surface area contributed by atoms with E-state index in [1.54, 1.807) is 24.3 Å². The molecule has 0 aromatic heterocycles. The maximum atomic E-state index is 13.4. The van der Waals surface area contributed by atoms with Crippen LogP contribution in [-0.4, -0.2) is 14.2 Å². The van der Waals surface area contributed by atoms with Crippen LogP contribution in [0.25, 0.3) is 0 Å². The van der Waals surface area contributed by atoms with Crippen LogP contribution >= 0.6 is 0 Å². The smallest absolute Gasteiger partial charge is 0.270 e. The van der Waals surface area contributed by atoms with E-state index in [9.17, 15) is 13.2 Å². The highest BCUT2D eigenvalue weighted by atomic mass is 32.2. The monoisotopic (exact) mass is 418 g/mol. The van der Waals surface area contributed by atoms with Crippen molar-refractivity contribution >= 4 is 27.2 Å². The number of fused-ring (bicyclic) bond motifs is 1. The van der Waals surface area contributed by atoms with Crippen LogP contribution in [0.4, 0.5) is 11.4 Å². The van der Waals surface area contributed by atoms with Gasteiger partial charge in [-0.3, -0.25) is 9.10 Å². The molecule has 1 aliphatic heterocycles. The minimum atomic E-state index is -4.03. The second kappa shape index (κ2) is 7.80. The Labute approximate surface area is 176 Å². The summed E-state index contributed by atoms with van der Waals surface area (Å²) in [4.78, 5) is 12.8. The highest BCUT2D eigenvalue weighted by Crippen LogP contribution is 2.36. The number of allylic oxidation sites excluding steroid dienone is 1. The summed E-state index contributed by atoms with van der Waals surface area (Å²) < 4.78 is 28.2. The Kier molecular flexibility index (Phi) is 5.18. The Morgan fingerprint density at radius 3 is 2.37 bits per heavy atom. The van der Waals surface area contributed by atoms with E-state index in [0.29, 0.717) is 16.9 Å². The third-order valence-corrected chi connectivity index (χ3v) is 6.80. The number of anilines is 2. The number of nitrogens with zero attached hydrogens (tertiary/aromatic N) is 1. The van der Waals surface area contributed by atoms with Crippen LogP contribution in [-0.2, 0) is 16.6 Å². The van der Waals surface area contributed by atoms with Crippen molar-refractivity contribution in [1.29, 1.82) is 0 Å². The van der Waals surface area contributed by atoms with E-state index in [1.807, 2.05) is 62.4 Å². The molecule has 5 nitrogen and oxygen atoms in total. The van der Waals surface area contributed by atoms with Gasteiger partial charge in [-0.05, 0) is 43.7 Å².